The summed E-state index contributed by atoms with van der Waals surface area (Å²) in [4.78, 5) is 4.87. The third-order valence-electron chi connectivity index (χ3n) is 5.07. The topological polar surface area (TPSA) is 6.48 Å². The summed E-state index contributed by atoms with van der Waals surface area (Å²) in [5.74, 6) is 2.09. The van der Waals surface area contributed by atoms with E-state index in [9.17, 15) is 0 Å². The van der Waals surface area contributed by atoms with Crippen molar-refractivity contribution in [3.8, 4) is 0 Å². The standard InChI is InChI=1S/2C9H19N.C2H6/c2*1-3-4-9-5-7-10(2)8-6-9;1-2/h2*9H,3-8H2,1-2H3;1-2H3. The first-order valence-electron chi connectivity index (χ1n) is 10.0. The van der Waals surface area contributed by atoms with Crippen molar-refractivity contribution in [1.82, 2.24) is 9.80 Å². The Hall–Kier alpha value is -0.0800. The van der Waals surface area contributed by atoms with E-state index in [-0.39, 0.29) is 0 Å². The van der Waals surface area contributed by atoms with Crippen LogP contribution in [-0.4, -0.2) is 50.1 Å². The van der Waals surface area contributed by atoms with E-state index < -0.39 is 0 Å². The number of likely N-dealkylation sites (tertiary alicyclic amines) is 2. The predicted octanol–water partition coefficient (Wildman–Crippen LogP) is 5.28. The lowest BCUT2D eigenvalue weighted by molar-refractivity contribution is 0.211. The summed E-state index contributed by atoms with van der Waals surface area (Å²) in [7, 11) is 4.45. The molecule has 2 aliphatic heterocycles. The van der Waals surface area contributed by atoms with Gasteiger partial charge in [-0.3, -0.25) is 0 Å². The van der Waals surface area contributed by atoms with Crippen molar-refractivity contribution in [2.75, 3.05) is 40.3 Å². The number of hydrogen-bond donors (Lipinski definition) is 0. The maximum atomic E-state index is 2.44. The highest BCUT2D eigenvalue weighted by Gasteiger charge is 2.15. The normalized spacial score (nSPS) is 21.5. The SMILES string of the molecule is CC.CCCC1CCN(C)CC1.CCCC1CCN(C)CC1. The van der Waals surface area contributed by atoms with Crippen LogP contribution >= 0.6 is 0 Å². The molecule has 2 heteroatoms. The highest BCUT2D eigenvalue weighted by molar-refractivity contribution is 4.69. The Bertz CT molecular complexity index is 190. The maximum Gasteiger partial charge on any atom is -0.00191 e. The molecule has 2 heterocycles. The lowest BCUT2D eigenvalue weighted by Gasteiger charge is -2.28. The molecule has 0 saturated carbocycles. The summed E-state index contributed by atoms with van der Waals surface area (Å²) in [5.41, 5.74) is 0. The van der Waals surface area contributed by atoms with E-state index in [0.29, 0.717) is 0 Å². The zero-order valence-corrected chi connectivity index (χ0v) is 16.5. The van der Waals surface area contributed by atoms with Crippen LogP contribution in [0.2, 0.25) is 0 Å². The number of piperidine rings is 2. The molecule has 0 aromatic rings. The maximum absolute atomic E-state index is 2.44. The predicted molar refractivity (Wildman–Crippen MR) is 102 cm³/mol. The fourth-order valence-corrected chi connectivity index (χ4v) is 3.52. The van der Waals surface area contributed by atoms with Crippen molar-refractivity contribution in [3.63, 3.8) is 0 Å². The van der Waals surface area contributed by atoms with E-state index in [1.165, 1.54) is 77.5 Å². The highest BCUT2D eigenvalue weighted by atomic mass is 15.1. The number of nitrogens with zero attached hydrogens (tertiary/aromatic N) is 2. The Morgan fingerprint density at radius 1 is 0.636 bits per heavy atom. The van der Waals surface area contributed by atoms with Crippen LogP contribution in [0.5, 0.6) is 0 Å². The fraction of sp³-hybridized carbons (Fsp3) is 1.00. The molecule has 0 N–H and O–H groups in total. The third-order valence-corrected chi connectivity index (χ3v) is 5.07. The molecule has 2 fully saturated rings. The lowest BCUT2D eigenvalue weighted by Crippen LogP contribution is -2.29. The second-order valence-corrected chi connectivity index (χ2v) is 7.07. The molecule has 2 saturated heterocycles. The second kappa shape index (κ2) is 14.5. The van der Waals surface area contributed by atoms with Crippen molar-refractivity contribution in [1.29, 1.82) is 0 Å². The van der Waals surface area contributed by atoms with Crippen LogP contribution in [0.15, 0.2) is 0 Å². The molecule has 0 bridgehead atoms. The number of rotatable bonds is 4. The van der Waals surface area contributed by atoms with Crippen molar-refractivity contribution < 1.29 is 0 Å². The van der Waals surface area contributed by atoms with Gasteiger partial charge in [0.1, 0.15) is 0 Å². The largest absolute Gasteiger partial charge is 0.306 e. The van der Waals surface area contributed by atoms with E-state index in [2.05, 4.69) is 37.7 Å². The molecule has 2 nitrogen and oxygen atoms in total. The molecule has 0 aromatic heterocycles. The molecule has 22 heavy (non-hydrogen) atoms. The van der Waals surface area contributed by atoms with Gasteiger partial charge in [0, 0.05) is 0 Å². The number of hydrogen-bond acceptors (Lipinski definition) is 2. The summed E-state index contributed by atoms with van der Waals surface area (Å²) < 4.78 is 0. The van der Waals surface area contributed by atoms with Gasteiger partial charge in [0.15, 0.2) is 0 Å². The van der Waals surface area contributed by atoms with E-state index in [1.807, 2.05) is 13.8 Å². The van der Waals surface area contributed by atoms with Crippen molar-refractivity contribution in [3.05, 3.63) is 0 Å². The van der Waals surface area contributed by atoms with E-state index in [0.717, 1.165) is 11.8 Å². The van der Waals surface area contributed by atoms with Crippen LogP contribution in [0.4, 0.5) is 0 Å². The van der Waals surface area contributed by atoms with Crippen molar-refractivity contribution in [2.45, 2.75) is 79.1 Å². The highest BCUT2D eigenvalue weighted by Crippen LogP contribution is 2.21. The minimum atomic E-state index is 1.04. The van der Waals surface area contributed by atoms with E-state index >= 15 is 0 Å². The first-order valence-corrected chi connectivity index (χ1v) is 10.0. The van der Waals surface area contributed by atoms with Gasteiger partial charge in [0.2, 0.25) is 0 Å². The first-order chi connectivity index (χ1) is 10.7. The first kappa shape index (κ1) is 21.9. The zero-order chi connectivity index (χ0) is 16.8. The molecule has 0 atom stereocenters. The molecular weight excluding hydrogens is 268 g/mol. The van der Waals surface area contributed by atoms with Gasteiger partial charge in [0.05, 0.1) is 0 Å². The fourth-order valence-electron chi connectivity index (χ4n) is 3.52. The molecule has 0 unspecified atom stereocenters. The van der Waals surface area contributed by atoms with Crippen LogP contribution in [0, 0.1) is 11.8 Å². The Balaban J connectivity index is 0.000000360. The average Bonchev–Trinajstić information content (AvgIpc) is 2.55. The summed E-state index contributed by atoms with van der Waals surface area (Å²) in [6.45, 7) is 13.9. The van der Waals surface area contributed by atoms with Crippen LogP contribution in [0.25, 0.3) is 0 Å². The summed E-state index contributed by atoms with van der Waals surface area (Å²) >= 11 is 0. The minimum Gasteiger partial charge on any atom is -0.306 e. The molecular formula is C20H44N2. The Morgan fingerprint density at radius 2 is 0.909 bits per heavy atom. The lowest BCUT2D eigenvalue weighted by atomic mass is 9.93. The average molecular weight is 313 g/mol. The Morgan fingerprint density at radius 3 is 1.14 bits per heavy atom. The van der Waals surface area contributed by atoms with Gasteiger partial charge < -0.3 is 9.80 Å². The van der Waals surface area contributed by atoms with Gasteiger partial charge in [-0.1, -0.05) is 53.4 Å². The van der Waals surface area contributed by atoms with Gasteiger partial charge in [-0.2, -0.15) is 0 Å². The van der Waals surface area contributed by atoms with E-state index in [4.69, 9.17) is 0 Å². The van der Waals surface area contributed by atoms with Gasteiger partial charge >= 0.3 is 0 Å². The monoisotopic (exact) mass is 312 g/mol. The molecule has 0 aromatic carbocycles. The quantitative estimate of drug-likeness (QED) is 0.696. The van der Waals surface area contributed by atoms with Crippen molar-refractivity contribution >= 4 is 0 Å². The van der Waals surface area contributed by atoms with E-state index in [1.54, 1.807) is 0 Å². The molecule has 0 spiro atoms. The van der Waals surface area contributed by atoms with Gasteiger partial charge in [-0.05, 0) is 77.8 Å². The smallest absolute Gasteiger partial charge is 0.00191 e. The molecule has 0 radical (unpaired) electrons. The zero-order valence-electron chi connectivity index (χ0n) is 16.5. The molecule has 2 aliphatic rings. The summed E-state index contributed by atoms with van der Waals surface area (Å²) in [6, 6.07) is 0. The van der Waals surface area contributed by atoms with Gasteiger partial charge in [-0.15, -0.1) is 0 Å². The molecule has 2 rings (SSSR count). The van der Waals surface area contributed by atoms with Crippen LogP contribution in [-0.2, 0) is 0 Å². The van der Waals surface area contributed by atoms with Crippen LogP contribution in [0.3, 0.4) is 0 Å². The third kappa shape index (κ3) is 10.6. The molecule has 134 valence electrons. The minimum absolute atomic E-state index is 1.04. The molecule has 0 aliphatic carbocycles. The summed E-state index contributed by atoms with van der Waals surface area (Å²) in [5, 5.41) is 0. The van der Waals surface area contributed by atoms with Crippen molar-refractivity contribution in [2.24, 2.45) is 11.8 Å². The van der Waals surface area contributed by atoms with Gasteiger partial charge in [0.25, 0.3) is 0 Å². The van der Waals surface area contributed by atoms with Crippen LogP contribution < -0.4 is 0 Å². The van der Waals surface area contributed by atoms with Crippen LogP contribution in [0.1, 0.15) is 79.1 Å². The Kier molecular flexibility index (Phi) is 14.5. The summed E-state index contributed by atoms with van der Waals surface area (Å²) in [6.07, 6.45) is 11.4. The Labute approximate surface area is 141 Å². The molecule has 0 amide bonds. The second-order valence-electron chi connectivity index (χ2n) is 7.07. The van der Waals surface area contributed by atoms with Gasteiger partial charge in [-0.25, -0.2) is 0 Å².